The predicted octanol–water partition coefficient (Wildman–Crippen LogP) is 3.78. The summed E-state index contributed by atoms with van der Waals surface area (Å²) >= 11 is 0. The number of hydrogen-bond acceptors (Lipinski definition) is 4. The van der Waals surface area contributed by atoms with E-state index >= 15 is 0 Å². The molecule has 0 saturated carbocycles. The standard InChI is InChI=1S/C25H37N3O2.2ClH/c1-30-22-8-4-6-18(12-22)13-24-21-14-20(23-9-2-3-11-28(23)24)16-27(17-21)25(29)19-7-5-10-26-15-19;;/h4,6,8,12,19-21,23-24,26H,2-3,5,7,9-11,13-17H2,1H3;2*1H/t19-,20-,21+,23+,24+;;/m1../s1. The minimum absolute atomic E-state index is 0. The van der Waals surface area contributed by atoms with E-state index in [0.29, 0.717) is 29.8 Å². The van der Waals surface area contributed by atoms with E-state index in [2.05, 4.69) is 33.3 Å². The predicted molar refractivity (Wildman–Crippen MR) is 133 cm³/mol. The summed E-state index contributed by atoms with van der Waals surface area (Å²) < 4.78 is 5.48. The number of methoxy groups -OCH3 is 1. The van der Waals surface area contributed by atoms with E-state index in [-0.39, 0.29) is 30.7 Å². The number of ether oxygens (including phenoxy) is 1. The number of rotatable bonds is 4. The van der Waals surface area contributed by atoms with Crippen molar-refractivity contribution in [1.82, 2.24) is 15.1 Å². The summed E-state index contributed by atoms with van der Waals surface area (Å²) in [6.45, 7) is 5.09. The number of nitrogens with one attached hydrogen (secondary N) is 1. The summed E-state index contributed by atoms with van der Waals surface area (Å²) in [6, 6.07) is 9.78. The number of nitrogens with zero attached hydrogens (tertiary/aromatic N) is 2. The molecule has 0 spiro atoms. The number of amides is 1. The smallest absolute Gasteiger partial charge is 0.226 e. The summed E-state index contributed by atoms with van der Waals surface area (Å²) in [5, 5.41) is 3.44. The van der Waals surface area contributed by atoms with Crippen LogP contribution >= 0.6 is 24.8 Å². The lowest BCUT2D eigenvalue weighted by Gasteiger charge is -2.57. The number of benzene rings is 1. The molecule has 0 aliphatic carbocycles. The quantitative estimate of drug-likeness (QED) is 0.707. The van der Waals surface area contributed by atoms with Gasteiger partial charge < -0.3 is 15.0 Å². The van der Waals surface area contributed by atoms with Gasteiger partial charge in [0, 0.05) is 31.7 Å². The molecule has 5 atom stereocenters. The summed E-state index contributed by atoms with van der Waals surface area (Å²) in [5.74, 6) is 2.80. The van der Waals surface area contributed by atoms with Gasteiger partial charge >= 0.3 is 0 Å². The van der Waals surface area contributed by atoms with Gasteiger partial charge in [-0.3, -0.25) is 9.69 Å². The van der Waals surface area contributed by atoms with Gasteiger partial charge in [0.25, 0.3) is 0 Å². The fraction of sp³-hybridized carbons (Fsp3) is 0.720. The molecule has 5 rings (SSSR count). The molecule has 1 amide bonds. The largest absolute Gasteiger partial charge is 0.497 e. The molecule has 4 aliphatic rings. The van der Waals surface area contributed by atoms with Crippen LogP contribution in [0, 0.1) is 17.8 Å². The number of halogens is 2. The molecule has 4 saturated heterocycles. The van der Waals surface area contributed by atoms with Crippen molar-refractivity contribution < 1.29 is 9.53 Å². The van der Waals surface area contributed by atoms with Crippen LogP contribution in [0.4, 0.5) is 0 Å². The molecule has 4 fully saturated rings. The Kier molecular flexibility index (Phi) is 9.14. The normalized spacial score (nSPS) is 32.2. The van der Waals surface area contributed by atoms with Crippen molar-refractivity contribution >= 4 is 30.7 Å². The molecule has 5 nitrogen and oxygen atoms in total. The van der Waals surface area contributed by atoms with Crippen LogP contribution < -0.4 is 10.1 Å². The second kappa shape index (κ2) is 11.4. The number of fused-ring (bicyclic) bond motifs is 4. The fourth-order valence-corrected chi connectivity index (χ4v) is 6.73. The zero-order valence-electron chi connectivity index (χ0n) is 19.2. The summed E-state index contributed by atoms with van der Waals surface area (Å²) in [4.78, 5) is 18.5. The first kappa shape index (κ1) is 25.6. The van der Waals surface area contributed by atoms with E-state index in [0.717, 1.165) is 51.2 Å². The second-order valence-corrected chi connectivity index (χ2v) is 9.97. The van der Waals surface area contributed by atoms with Crippen molar-refractivity contribution in [3.05, 3.63) is 29.8 Å². The Balaban J connectivity index is 0.00000144. The highest BCUT2D eigenvalue weighted by Crippen LogP contribution is 2.42. The molecule has 180 valence electrons. The number of carbonyl (C=O) groups excluding carboxylic acids is 1. The Morgan fingerprint density at radius 2 is 1.97 bits per heavy atom. The lowest BCUT2D eigenvalue weighted by molar-refractivity contribution is -0.145. The molecule has 1 N–H and O–H groups in total. The van der Waals surface area contributed by atoms with E-state index in [1.165, 1.54) is 37.8 Å². The van der Waals surface area contributed by atoms with Crippen molar-refractivity contribution in [2.24, 2.45) is 17.8 Å². The van der Waals surface area contributed by atoms with E-state index in [1.54, 1.807) is 7.11 Å². The average Bonchev–Trinajstić information content (AvgIpc) is 2.82. The minimum Gasteiger partial charge on any atom is -0.497 e. The highest BCUT2D eigenvalue weighted by atomic mass is 35.5. The number of piperidine rings is 4. The van der Waals surface area contributed by atoms with Crippen molar-refractivity contribution in [2.75, 3.05) is 39.8 Å². The Morgan fingerprint density at radius 1 is 1.12 bits per heavy atom. The van der Waals surface area contributed by atoms with Crippen LogP contribution in [0.15, 0.2) is 24.3 Å². The molecular formula is C25H39Cl2N3O2. The maximum absolute atomic E-state index is 13.3. The number of hydrogen-bond donors (Lipinski definition) is 1. The van der Waals surface area contributed by atoms with Gasteiger partial charge in [0.2, 0.25) is 5.91 Å². The third-order valence-corrected chi connectivity index (χ3v) is 8.16. The lowest BCUT2D eigenvalue weighted by Crippen LogP contribution is -2.65. The van der Waals surface area contributed by atoms with Gasteiger partial charge in [0.1, 0.15) is 5.75 Å². The average molecular weight is 485 g/mol. The van der Waals surface area contributed by atoms with Gasteiger partial charge in [-0.15, -0.1) is 24.8 Å². The lowest BCUT2D eigenvalue weighted by atomic mass is 9.70. The molecule has 0 unspecified atom stereocenters. The van der Waals surface area contributed by atoms with Crippen LogP contribution in [0.25, 0.3) is 0 Å². The highest BCUT2D eigenvalue weighted by Gasteiger charge is 2.48. The first-order chi connectivity index (χ1) is 14.7. The molecule has 4 aliphatic heterocycles. The second-order valence-electron chi connectivity index (χ2n) is 9.97. The van der Waals surface area contributed by atoms with Crippen molar-refractivity contribution in [1.29, 1.82) is 0 Å². The summed E-state index contributed by atoms with van der Waals surface area (Å²) in [5.41, 5.74) is 1.36. The van der Waals surface area contributed by atoms with Crippen molar-refractivity contribution in [3.8, 4) is 5.75 Å². The third kappa shape index (κ3) is 5.22. The number of carbonyl (C=O) groups is 1. The molecule has 7 heteroatoms. The van der Waals surface area contributed by atoms with Crippen LogP contribution in [0.1, 0.15) is 44.1 Å². The van der Waals surface area contributed by atoms with Crippen LogP contribution in [0.3, 0.4) is 0 Å². The molecular weight excluding hydrogens is 445 g/mol. The van der Waals surface area contributed by atoms with Crippen LogP contribution in [-0.2, 0) is 11.2 Å². The first-order valence-electron chi connectivity index (χ1n) is 12.1. The van der Waals surface area contributed by atoms with Crippen LogP contribution in [0.2, 0.25) is 0 Å². The van der Waals surface area contributed by atoms with E-state index < -0.39 is 0 Å². The first-order valence-corrected chi connectivity index (χ1v) is 12.1. The van der Waals surface area contributed by atoms with Crippen LogP contribution in [-0.4, -0.2) is 67.6 Å². The van der Waals surface area contributed by atoms with Gasteiger partial charge in [-0.05, 0) is 81.1 Å². The fourth-order valence-electron chi connectivity index (χ4n) is 6.73. The Morgan fingerprint density at radius 3 is 2.75 bits per heavy atom. The Labute approximate surface area is 205 Å². The molecule has 1 aromatic rings. The SMILES string of the molecule is COc1cccc(C[C@H]2[C@H]3C[C@H](CN(C(=O)[C@@H]4CCCNC4)C3)[C@@H]3CCCCN32)c1.Cl.Cl. The Bertz CT molecular complexity index is 758. The molecule has 32 heavy (non-hydrogen) atoms. The molecule has 1 aromatic carbocycles. The molecule has 0 radical (unpaired) electrons. The van der Waals surface area contributed by atoms with E-state index in [1.807, 2.05) is 6.07 Å². The van der Waals surface area contributed by atoms with E-state index in [9.17, 15) is 4.79 Å². The van der Waals surface area contributed by atoms with E-state index in [4.69, 9.17) is 4.74 Å². The van der Waals surface area contributed by atoms with Gasteiger partial charge in [0.15, 0.2) is 0 Å². The van der Waals surface area contributed by atoms with Crippen molar-refractivity contribution in [3.63, 3.8) is 0 Å². The Hall–Kier alpha value is -1.01. The molecule has 2 bridgehead atoms. The summed E-state index contributed by atoms with van der Waals surface area (Å²) in [6.07, 6.45) is 8.52. The van der Waals surface area contributed by atoms with Gasteiger partial charge in [-0.2, -0.15) is 0 Å². The van der Waals surface area contributed by atoms with Gasteiger partial charge in [-0.25, -0.2) is 0 Å². The molecule has 4 heterocycles. The topological polar surface area (TPSA) is 44.8 Å². The monoisotopic (exact) mass is 483 g/mol. The maximum Gasteiger partial charge on any atom is 0.226 e. The minimum atomic E-state index is 0. The summed E-state index contributed by atoms with van der Waals surface area (Å²) in [7, 11) is 1.75. The zero-order chi connectivity index (χ0) is 20.5. The third-order valence-electron chi connectivity index (χ3n) is 8.16. The molecule has 0 aromatic heterocycles. The van der Waals surface area contributed by atoms with Gasteiger partial charge in [-0.1, -0.05) is 18.6 Å². The van der Waals surface area contributed by atoms with Gasteiger partial charge in [0.05, 0.1) is 13.0 Å². The maximum atomic E-state index is 13.3. The number of likely N-dealkylation sites (tertiary alicyclic amines) is 1. The van der Waals surface area contributed by atoms with Crippen LogP contribution in [0.5, 0.6) is 5.75 Å². The van der Waals surface area contributed by atoms with Crippen molar-refractivity contribution in [2.45, 2.75) is 57.0 Å². The zero-order valence-corrected chi connectivity index (χ0v) is 20.8. The highest BCUT2D eigenvalue weighted by molar-refractivity contribution is 5.85.